The molecule has 0 aliphatic carbocycles. The van der Waals surface area contributed by atoms with Crippen molar-refractivity contribution in [2.24, 2.45) is 5.73 Å². The molecule has 0 saturated heterocycles. The summed E-state index contributed by atoms with van der Waals surface area (Å²) in [5.41, 5.74) is 7.62. The van der Waals surface area contributed by atoms with Crippen LogP contribution in [0.2, 0.25) is 0 Å². The van der Waals surface area contributed by atoms with Crippen LogP contribution in [0.4, 0.5) is 0 Å². The molecule has 1 heterocycles. The Bertz CT molecular complexity index is 759. The Morgan fingerprint density at radius 3 is 2.52 bits per heavy atom. The Morgan fingerprint density at radius 1 is 1.29 bits per heavy atom. The van der Waals surface area contributed by atoms with Gasteiger partial charge in [-0.3, -0.25) is 4.98 Å². The highest BCUT2D eigenvalue weighted by Crippen LogP contribution is 2.17. The minimum Gasteiger partial charge on any atom is -0.389 e. The van der Waals surface area contributed by atoms with E-state index in [1.165, 1.54) is 6.07 Å². The summed E-state index contributed by atoms with van der Waals surface area (Å²) >= 11 is 4.88. The number of aryl methyl sites for hydroxylation is 1. The molecule has 0 bridgehead atoms. The molecule has 5 nitrogen and oxygen atoms in total. The third kappa shape index (κ3) is 3.84. The number of pyridine rings is 1. The number of nitrogens with one attached hydrogen (secondary N) is 1. The van der Waals surface area contributed by atoms with E-state index in [9.17, 15) is 8.42 Å². The van der Waals surface area contributed by atoms with Gasteiger partial charge in [0, 0.05) is 24.5 Å². The summed E-state index contributed by atoms with van der Waals surface area (Å²) in [7, 11) is -3.59. The molecule has 0 radical (unpaired) electrons. The minimum absolute atomic E-state index is 0.210. The van der Waals surface area contributed by atoms with Gasteiger partial charge in [0.1, 0.15) is 4.99 Å². The molecule has 21 heavy (non-hydrogen) atoms. The number of aromatic nitrogens is 1. The highest BCUT2D eigenvalue weighted by atomic mass is 32.2. The van der Waals surface area contributed by atoms with Crippen molar-refractivity contribution in [1.82, 2.24) is 9.71 Å². The molecule has 1 aromatic heterocycles. The highest BCUT2D eigenvalue weighted by Gasteiger charge is 2.17. The van der Waals surface area contributed by atoms with Crippen LogP contribution in [-0.2, 0) is 16.6 Å². The second-order valence-electron chi connectivity index (χ2n) is 4.52. The third-order valence-corrected chi connectivity index (χ3v) is 4.76. The van der Waals surface area contributed by atoms with Crippen LogP contribution in [0.5, 0.6) is 0 Å². The van der Waals surface area contributed by atoms with Gasteiger partial charge in [0.2, 0.25) is 10.0 Å². The van der Waals surface area contributed by atoms with Crippen LogP contribution in [0.1, 0.15) is 16.7 Å². The van der Waals surface area contributed by atoms with Gasteiger partial charge in [-0.25, -0.2) is 13.1 Å². The van der Waals surface area contributed by atoms with Gasteiger partial charge in [0.05, 0.1) is 4.90 Å². The Balaban J connectivity index is 2.22. The normalized spacial score (nSPS) is 11.3. The molecule has 2 rings (SSSR count). The van der Waals surface area contributed by atoms with Crippen LogP contribution >= 0.6 is 12.2 Å². The molecule has 3 N–H and O–H groups in total. The Hall–Kier alpha value is -1.83. The van der Waals surface area contributed by atoms with Crippen molar-refractivity contribution < 1.29 is 8.42 Å². The lowest BCUT2D eigenvalue weighted by atomic mass is 10.1. The Labute approximate surface area is 129 Å². The maximum atomic E-state index is 12.3. The van der Waals surface area contributed by atoms with E-state index in [1.807, 2.05) is 0 Å². The zero-order valence-corrected chi connectivity index (χ0v) is 13.0. The molecule has 0 aliphatic heterocycles. The van der Waals surface area contributed by atoms with Crippen molar-refractivity contribution in [3.63, 3.8) is 0 Å². The largest absolute Gasteiger partial charge is 0.389 e. The predicted molar refractivity (Wildman–Crippen MR) is 85.3 cm³/mol. The monoisotopic (exact) mass is 321 g/mol. The standard InChI is InChI=1S/C14H15N3O2S2/c1-10-8-12(14(15)20)2-3-13(10)21(18,19)17-9-11-4-6-16-7-5-11/h2-8,17H,9H2,1H3,(H2,15,20). The Kier molecular flexibility index (Phi) is 4.66. The molecule has 2 aromatic rings. The summed E-state index contributed by atoms with van der Waals surface area (Å²) in [5.74, 6) is 0. The zero-order chi connectivity index (χ0) is 15.5. The molecule has 0 saturated carbocycles. The van der Waals surface area contributed by atoms with Gasteiger partial charge in [0.15, 0.2) is 0 Å². The van der Waals surface area contributed by atoms with Gasteiger partial charge >= 0.3 is 0 Å². The molecule has 0 atom stereocenters. The first-order chi connectivity index (χ1) is 9.90. The maximum absolute atomic E-state index is 12.3. The number of nitrogens with zero attached hydrogens (tertiary/aromatic N) is 1. The molecule has 1 aromatic carbocycles. The maximum Gasteiger partial charge on any atom is 0.241 e. The SMILES string of the molecule is Cc1cc(C(N)=S)ccc1S(=O)(=O)NCc1ccncc1. The number of nitrogens with two attached hydrogens (primary N) is 1. The lowest BCUT2D eigenvalue weighted by Gasteiger charge is -2.10. The number of hydrogen-bond acceptors (Lipinski definition) is 4. The van der Waals surface area contributed by atoms with Gasteiger partial charge in [0.25, 0.3) is 0 Å². The molecular formula is C14H15N3O2S2. The first-order valence-corrected chi connectivity index (χ1v) is 8.08. The molecule has 0 fully saturated rings. The fraction of sp³-hybridized carbons (Fsp3) is 0.143. The number of thiocarbonyl (C=S) groups is 1. The summed E-state index contributed by atoms with van der Waals surface area (Å²) in [6.07, 6.45) is 3.23. The van der Waals surface area contributed by atoms with Crippen molar-refractivity contribution in [1.29, 1.82) is 0 Å². The number of rotatable bonds is 5. The van der Waals surface area contributed by atoms with Crippen molar-refractivity contribution >= 4 is 27.2 Å². The molecule has 0 aliphatic rings. The Morgan fingerprint density at radius 2 is 1.95 bits per heavy atom. The molecular weight excluding hydrogens is 306 g/mol. The van der Waals surface area contributed by atoms with Crippen LogP contribution < -0.4 is 10.5 Å². The van der Waals surface area contributed by atoms with Crippen molar-refractivity contribution in [2.45, 2.75) is 18.4 Å². The summed E-state index contributed by atoms with van der Waals surface area (Å²) in [6.45, 7) is 1.92. The van der Waals surface area contributed by atoms with Crippen LogP contribution in [0.25, 0.3) is 0 Å². The van der Waals surface area contributed by atoms with Crippen LogP contribution in [0.15, 0.2) is 47.6 Å². The fourth-order valence-electron chi connectivity index (χ4n) is 1.86. The second kappa shape index (κ2) is 6.30. The third-order valence-electron chi connectivity index (χ3n) is 2.96. The lowest BCUT2D eigenvalue weighted by molar-refractivity contribution is 0.580. The quantitative estimate of drug-likeness (QED) is 0.815. The average molecular weight is 321 g/mol. The lowest BCUT2D eigenvalue weighted by Crippen LogP contribution is -2.24. The smallest absolute Gasteiger partial charge is 0.241 e. The van der Waals surface area contributed by atoms with Gasteiger partial charge in [-0.1, -0.05) is 18.3 Å². The summed E-state index contributed by atoms with van der Waals surface area (Å²) < 4.78 is 27.2. The predicted octanol–water partition coefficient (Wildman–Crippen LogP) is 1.50. The first-order valence-electron chi connectivity index (χ1n) is 6.19. The van der Waals surface area contributed by atoms with E-state index in [4.69, 9.17) is 18.0 Å². The van der Waals surface area contributed by atoms with E-state index in [2.05, 4.69) is 9.71 Å². The first kappa shape index (κ1) is 15.6. The summed E-state index contributed by atoms with van der Waals surface area (Å²) in [6, 6.07) is 8.30. The fourth-order valence-corrected chi connectivity index (χ4v) is 3.23. The number of sulfonamides is 1. The van der Waals surface area contributed by atoms with E-state index < -0.39 is 10.0 Å². The van der Waals surface area contributed by atoms with E-state index in [0.717, 1.165) is 5.56 Å². The summed E-state index contributed by atoms with van der Waals surface area (Å²) in [4.78, 5) is 4.35. The molecule has 0 amide bonds. The van der Waals surface area contributed by atoms with Gasteiger partial charge in [-0.2, -0.15) is 0 Å². The second-order valence-corrected chi connectivity index (χ2v) is 6.70. The van der Waals surface area contributed by atoms with E-state index in [0.29, 0.717) is 11.1 Å². The number of benzene rings is 1. The highest BCUT2D eigenvalue weighted by molar-refractivity contribution is 7.89. The number of hydrogen-bond donors (Lipinski definition) is 2. The zero-order valence-electron chi connectivity index (χ0n) is 11.4. The van der Waals surface area contributed by atoms with E-state index >= 15 is 0 Å². The van der Waals surface area contributed by atoms with Crippen LogP contribution in [0, 0.1) is 6.92 Å². The van der Waals surface area contributed by atoms with Gasteiger partial charge in [-0.15, -0.1) is 0 Å². The van der Waals surface area contributed by atoms with Crippen molar-refractivity contribution in [3.05, 3.63) is 59.4 Å². The van der Waals surface area contributed by atoms with Gasteiger partial charge < -0.3 is 5.73 Å². The molecule has 110 valence electrons. The molecule has 0 unspecified atom stereocenters. The van der Waals surface area contributed by atoms with Crippen LogP contribution in [-0.4, -0.2) is 18.4 Å². The van der Waals surface area contributed by atoms with Gasteiger partial charge in [-0.05, 0) is 42.3 Å². The molecule has 0 spiro atoms. The summed E-state index contributed by atoms with van der Waals surface area (Å²) in [5, 5.41) is 0. The van der Waals surface area contributed by atoms with E-state index in [1.54, 1.807) is 43.6 Å². The topological polar surface area (TPSA) is 85.1 Å². The van der Waals surface area contributed by atoms with E-state index in [-0.39, 0.29) is 16.4 Å². The van der Waals surface area contributed by atoms with Crippen LogP contribution in [0.3, 0.4) is 0 Å². The average Bonchev–Trinajstić information content (AvgIpc) is 2.46. The minimum atomic E-state index is -3.59. The van der Waals surface area contributed by atoms with Crippen molar-refractivity contribution in [3.8, 4) is 0 Å². The molecule has 7 heteroatoms. The van der Waals surface area contributed by atoms with Crippen molar-refractivity contribution in [2.75, 3.05) is 0 Å².